The fraction of sp³-hybridized carbons (Fsp3) is 0.250. The van der Waals surface area contributed by atoms with Crippen molar-refractivity contribution >= 4 is 5.91 Å². The summed E-state index contributed by atoms with van der Waals surface area (Å²) in [6, 6.07) is 7.48. The van der Waals surface area contributed by atoms with Gasteiger partial charge in [0.1, 0.15) is 11.3 Å². The molecule has 0 atom stereocenters. The standard InChI is InChI=1S/C16H16N2O3/c1-21-11-7-5-10(6-8-11)18-9-13(16(17)20)15(19)12-3-2-4-14(12)18/h5-9H,2-4H2,1H3,(H2,17,20). The van der Waals surface area contributed by atoms with Gasteiger partial charge in [0.25, 0.3) is 5.91 Å². The average molecular weight is 284 g/mol. The van der Waals surface area contributed by atoms with E-state index in [1.165, 1.54) is 0 Å². The average Bonchev–Trinajstić information content (AvgIpc) is 2.97. The number of nitrogens with two attached hydrogens (primary N) is 1. The minimum Gasteiger partial charge on any atom is -0.497 e. The summed E-state index contributed by atoms with van der Waals surface area (Å²) in [5, 5.41) is 0. The number of nitrogens with zero attached hydrogens (tertiary/aromatic N) is 1. The molecule has 2 aromatic rings. The first kappa shape index (κ1) is 13.4. The highest BCUT2D eigenvalue weighted by atomic mass is 16.5. The summed E-state index contributed by atoms with van der Waals surface area (Å²) >= 11 is 0. The lowest BCUT2D eigenvalue weighted by molar-refractivity contribution is 0.0998. The van der Waals surface area contributed by atoms with Crippen LogP contribution in [0.3, 0.4) is 0 Å². The lowest BCUT2D eigenvalue weighted by Gasteiger charge is -2.14. The van der Waals surface area contributed by atoms with Gasteiger partial charge in [-0.05, 0) is 43.5 Å². The van der Waals surface area contributed by atoms with Gasteiger partial charge in [-0.15, -0.1) is 0 Å². The highest BCUT2D eigenvalue weighted by Crippen LogP contribution is 2.24. The second kappa shape index (κ2) is 5.09. The van der Waals surface area contributed by atoms with E-state index in [0.29, 0.717) is 12.0 Å². The van der Waals surface area contributed by atoms with Crippen LogP contribution in [-0.4, -0.2) is 17.6 Å². The third-order valence-electron chi connectivity index (χ3n) is 3.87. The van der Waals surface area contributed by atoms with Crippen LogP contribution in [0.15, 0.2) is 35.3 Å². The molecule has 0 fully saturated rings. The Morgan fingerprint density at radius 1 is 1.24 bits per heavy atom. The van der Waals surface area contributed by atoms with E-state index in [2.05, 4.69) is 0 Å². The number of hydrogen-bond donors (Lipinski definition) is 1. The summed E-state index contributed by atoms with van der Waals surface area (Å²) in [6.07, 6.45) is 4.00. The van der Waals surface area contributed by atoms with Gasteiger partial charge in [0.05, 0.1) is 7.11 Å². The van der Waals surface area contributed by atoms with Gasteiger partial charge in [0, 0.05) is 23.1 Å². The number of carbonyl (C=O) groups excluding carboxylic acids is 1. The molecule has 1 aromatic carbocycles. The van der Waals surface area contributed by atoms with E-state index in [9.17, 15) is 9.59 Å². The van der Waals surface area contributed by atoms with E-state index in [0.717, 1.165) is 30.0 Å². The molecule has 1 aliphatic carbocycles. The van der Waals surface area contributed by atoms with Gasteiger partial charge < -0.3 is 15.0 Å². The Bertz CT molecular complexity index is 760. The highest BCUT2D eigenvalue weighted by molar-refractivity contribution is 5.92. The van der Waals surface area contributed by atoms with Crippen molar-refractivity contribution in [3.8, 4) is 11.4 Å². The fourth-order valence-electron chi connectivity index (χ4n) is 2.82. The van der Waals surface area contributed by atoms with Crippen LogP contribution in [0.1, 0.15) is 28.0 Å². The monoisotopic (exact) mass is 284 g/mol. The van der Waals surface area contributed by atoms with E-state index in [1.54, 1.807) is 13.3 Å². The van der Waals surface area contributed by atoms with Crippen molar-refractivity contribution < 1.29 is 9.53 Å². The second-order valence-corrected chi connectivity index (χ2v) is 5.08. The maximum Gasteiger partial charge on any atom is 0.254 e. The number of rotatable bonds is 3. The Kier molecular flexibility index (Phi) is 3.25. The molecule has 1 heterocycles. The molecule has 1 amide bonds. The Morgan fingerprint density at radius 2 is 1.95 bits per heavy atom. The summed E-state index contributed by atoms with van der Waals surface area (Å²) in [5.41, 5.74) is 7.72. The Morgan fingerprint density at radius 3 is 2.57 bits per heavy atom. The van der Waals surface area contributed by atoms with Gasteiger partial charge in [0.2, 0.25) is 0 Å². The van der Waals surface area contributed by atoms with E-state index in [1.807, 2.05) is 28.8 Å². The molecule has 0 saturated heterocycles. The maximum atomic E-state index is 12.3. The fourth-order valence-corrected chi connectivity index (χ4v) is 2.82. The normalized spacial score (nSPS) is 13.0. The molecule has 108 valence electrons. The zero-order valence-corrected chi connectivity index (χ0v) is 11.8. The second-order valence-electron chi connectivity index (χ2n) is 5.08. The molecular formula is C16H16N2O3. The number of carbonyl (C=O) groups is 1. The van der Waals surface area contributed by atoms with Gasteiger partial charge in [-0.25, -0.2) is 0 Å². The molecule has 3 rings (SSSR count). The van der Waals surface area contributed by atoms with Crippen LogP contribution >= 0.6 is 0 Å². The highest BCUT2D eigenvalue weighted by Gasteiger charge is 2.22. The first-order valence-electron chi connectivity index (χ1n) is 6.83. The molecule has 0 unspecified atom stereocenters. The van der Waals surface area contributed by atoms with E-state index in [-0.39, 0.29) is 11.0 Å². The van der Waals surface area contributed by atoms with Gasteiger partial charge in [-0.3, -0.25) is 9.59 Å². The smallest absolute Gasteiger partial charge is 0.254 e. The summed E-state index contributed by atoms with van der Waals surface area (Å²) < 4.78 is 7.04. The van der Waals surface area contributed by atoms with Crippen molar-refractivity contribution in [3.05, 3.63) is 57.5 Å². The lowest BCUT2D eigenvalue weighted by Crippen LogP contribution is -2.26. The number of ether oxygens (including phenoxy) is 1. The topological polar surface area (TPSA) is 74.3 Å². The molecule has 0 saturated carbocycles. The maximum absolute atomic E-state index is 12.3. The number of primary amides is 1. The van der Waals surface area contributed by atoms with E-state index in [4.69, 9.17) is 10.5 Å². The van der Waals surface area contributed by atoms with Gasteiger partial charge in [-0.2, -0.15) is 0 Å². The number of aromatic nitrogens is 1. The van der Waals surface area contributed by atoms with Crippen molar-refractivity contribution in [2.45, 2.75) is 19.3 Å². The summed E-state index contributed by atoms with van der Waals surface area (Å²) in [5.74, 6) is 0.0727. The molecule has 1 aliphatic rings. The quantitative estimate of drug-likeness (QED) is 0.926. The first-order valence-corrected chi connectivity index (χ1v) is 6.83. The molecular weight excluding hydrogens is 268 g/mol. The predicted molar refractivity (Wildman–Crippen MR) is 79.1 cm³/mol. The van der Waals surface area contributed by atoms with Crippen LogP contribution < -0.4 is 15.9 Å². The van der Waals surface area contributed by atoms with Crippen LogP contribution in [0.4, 0.5) is 0 Å². The van der Waals surface area contributed by atoms with E-state index < -0.39 is 5.91 Å². The van der Waals surface area contributed by atoms with Crippen LogP contribution in [0, 0.1) is 0 Å². The molecule has 5 heteroatoms. The molecule has 0 spiro atoms. The van der Waals surface area contributed by atoms with E-state index >= 15 is 0 Å². The Labute approximate surface area is 122 Å². The van der Waals surface area contributed by atoms with Crippen molar-refractivity contribution in [2.24, 2.45) is 5.73 Å². The summed E-state index contributed by atoms with van der Waals surface area (Å²) in [6.45, 7) is 0. The molecule has 2 N–H and O–H groups in total. The lowest BCUT2D eigenvalue weighted by atomic mass is 10.1. The van der Waals surface area contributed by atoms with Gasteiger partial charge in [0.15, 0.2) is 5.43 Å². The minimum absolute atomic E-state index is 0.0477. The van der Waals surface area contributed by atoms with Crippen LogP contribution in [0.25, 0.3) is 5.69 Å². The number of hydrogen-bond acceptors (Lipinski definition) is 3. The summed E-state index contributed by atoms with van der Waals surface area (Å²) in [7, 11) is 1.61. The van der Waals surface area contributed by atoms with Crippen molar-refractivity contribution in [1.29, 1.82) is 0 Å². The van der Waals surface area contributed by atoms with Crippen LogP contribution in [0.5, 0.6) is 5.75 Å². The molecule has 1 aromatic heterocycles. The van der Waals surface area contributed by atoms with Crippen molar-refractivity contribution in [1.82, 2.24) is 4.57 Å². The number of amides is 1. The van der Waals surface area contributed by atoms with Gasteiger partial charge in [-0.1, -0.05) is 0 Å². The third-order valence-corrected chi connectivity index (χ3v) is 3.87. The SMILES string of the molecule is COc1ccc(-n2cc(C(N)=O)c(=O)c3c2CCC3)cc1. The number of pyridine rings is 1. The van der Waals surface area contributed by atoms with Gasteiger partial charge >= 0.3 is 0 Å². The van der Waals surface area contributed by atoms with Crippen molar-refractivity contribution in [2.75, 3.05) is 7.11 Å². The molecule has 0 aliphatic heterocycles. The molecule has 0 radical (unpaired) electrons. The Hall–Kier alpha value is -2.56. The number of methoxy groups -OCH3 is 1. The number of fused-ring (bicyclic) bond motifs is 1. The number of benzene rings is 1. The first-order chi connectivity index (χ1) is 10.1. The van der Waals surface area contributed by atoms with Crippen molar-refractivity contribution in [3.63, 3.8) is 0 Å². The zero-order valence-electron chi connectivity index (χ0n) is 11.8. The molecule has 5 nitrogen and oxygen atoms in total. The third kappa shape index (κ3) is 2.20. The minimum atomic E-state index is -0.683. The molecule has 21 heavy (non-hydrogen) atoms. The van der Waals surface area contributed by atoms with Crippen LogP contribution in [0.2, 0.25) is 0 Å². The zero-order chi connectivity index (χ0) is 15.0. The summed E-state index contributed by atoms with van der Waals surface area (Å²) in [4.78, 5) is 23.7. The van der Waals surface area contributed by atoms with Crippen LogP contribution in [-0.2, 0) is 12.8 Å². The predicted octanol–water partition coefficient (Wildman–Crippen LogP) is 1.43. The molecule has 0 bridgehead atoms. The largest absolute Gasteiger partial charge is 0.497 e. The Balaban J connectivity index is 2.22.